The highest BCUT2D eigenvalue weighted by molar-refractivity contribution is 6.35. The Labute approximate surface area is 124 Å². The van der Waals surface area contributed by atoms with Crippen molar-refractivity contribution in [3.05, 3.63) is 33.8 Å². The Hall–Kier alpha value is -0.770. The standard InChI is InChI=1S/C14H20Cl2N2O/c1-14(2,8-17)9-18(3)13(19)6-10-4-5-11(15)7-12(10)16/h4-5,7H,6,8-9,17H2,1-3H3. The van der Waals surface area contributed by atoms with Gasteiger partial charge in [-0.3, -0.25) is 4.79 Å². The lowest BCUT2D eigenvalue weighted by Gasteiger charge is -2.29. The van der Waals surface area contributed by atoms with Crippen molar-refractivity contribution < 1.29 is 4.79 Å². The van der Waals surface area contributed by atoms with Crippen molar-refractivity contribution in [2.45, 2.75) is 20.3 Å². The van der Waals surface area contributed by atoms with Gasteiger partial charge in [0.05, 0.1) is 6.42 Å². The molecule has 0 aliphatic heterocycles. The summed E-state index contributed by atoms with van der Waals surface area (Å²) in [6.45, 7) is 5.22. The molecule has 19 heavy (non-hydrogen) atoms. The van der Waals surface area contributed by atoms with E-state index in [0.717, 1.165) is 5.56 Å². The number of benzene rings is 1. The highest BCUT2D eigenvalue weighted by Gasteiger charge is 2.21. The molecule has 1 aromatic carbocycles. The molecule has 0 bridgehead atoms. The van der Waals surface area contributed by atoms with Crippen LogP contribution < -0.4 is 5.73 Å². The van der Waals surface area contributed by atoms with E-state index in [1.165, 1.54) is 0 Å². The maximum absolute atomic E-state index is 12.1. The quantitative estimate of drug-likeness (QED) is 0.909. The van der Waals surface area contributed by atoms with E-state index in [9.17, 15) is 4.79 Å². The van der Waals surface area contributed by atoms with Gasteiger partial charge in [0.15, 0.2) is 0 Å². The Morgan fingerprint density at radius 1 is 1.37 bits per heavy atom. The first-order valence-electron chi connectivity index (χ1n) is 6.13. The van der Waals surface area contributed by atoms with E-state index >= 15 is 0 Å². The van der Waals surface area contributed by atoms with E-state index in [4.69, 9.17) is 28.9 Å². The SMILES string of the molecule is CN(CC(C)(C)CN)C(=O)Cc1ccc(Cl)cc1Cl. The number of likely N-dealkylation sites (N-methyl/N-ethyl adjacent to an activating group) is 1. The molecule has 2 N–H and O–H groups in total. The van der Waals surface area contributed by atoms with Crippen LogP contribution in [0.3, 0.4) is 0 Å². The van der Waals surface area contributed by atoms with Crippen molar-refractivity contribution in [3.63, 3.8) is 0 Å². The van der Waals surface area contributed by atoms with Gasteiger partial charge in [0.1, 0.15) is 0 Å². The Kier molecular flexibility index (Phi) is 5.65. The van der Waals surface area contributed by atoms with Crippen LogP contribution in [0.4, 0.5) is 0 Å². The maximum atomic E-state index is 12.1. The zero-order valence-corrected chi connectivity index (χ0v) is 13.1. The molecule has 0 aliphatic carbocycles. The molecular weight excluding hydrogens is 283 g/mol. The van der Waals surface area contributed by atoms with Gasteiger partial charge in [0.2, 0.25) is 5.91 Å². The highest BCUT2D eigenvalue weighted by Crippen LogP contribution is 2.22. The van der Waals surface area contributed by atoms with Crippen molar-refractivity contribution in [2.24, 2.45) is 11.1 Å². The number of nitrogens with zero attached hydrogens (tertiary/aromatic N) is 1. The van der Waals surface area contributed by atoms with Crippen LogP contribution in [-0.2, 0) is 11.2 Å². The third-order valence-electron chi connectivity index (χ3n) is 3.00. The fraction of sp³-hybridized carbons (Fsp3) is 0.500. The number of carbonyl (C=O) groups is 1. The lowest BCUT2D eigenvalue weighted by atomic mass is 9.93. The molecule has 0 saturated carbocycles. The van der Waals surface area contributed by atoms with Gasteiger partial charge in [-0.2, -0.15) is 0 Å². The average molecular weight is 303 g/mol. The molecule has 5 heteroatoms. The Balaban J connectivity index is 2.69. The number of nitrogens with two attached hydrogens (primary N) is 1. The van der Waals surface area contributed by atoms with Crippen molar-refractivity contribution in [1.82, 2.24) is 4.90 Å². The summed E-state index contributed by atoms with van der Waals surface area (Å²) in [7, 11) is 1.78. The zero-order chi connectivity index (χ0) is 14.6. The van der Waals surface area contributed by atoms with Gasteiger partial charge in [-0.15, -0.1) is 0 Å². The number of hydrogen-bond donors (Lipinski definition) is 1. The van der Waals surface area contributed by atoms with Gasteiger partial charge in [-0.1, -0.05) is 43.1 Å². The molecule has 0 aliphatic rings. The van der Waals surface area contributed by atoms with Crippen molar-refractivity contribution in [1.29, 1.82) is 0 Å². The molecule has 1 rings (SSSR count). The van der Waals surface area contributed by atoms with Crippen LogP contribution in [0.1, 0.15) is 19.4 Å². The maximum Gasteiger partial charge on any atom is 0.226 e. The molecule has 0 unspecified atom stereocenters. The normalized spacial score (nSPS) is 11.5. The molecular formula is C14H20Cl2N2O. The molecule has 0 atom stereocenters. The molecule has 0 radical (unpaired) electrons. The molecule has 0 heterocycles. The van der Waals surface area contributed by atoms with E-state index in [0.29, 0.717) is 23.1 Å². The smallest absolute Gasteiger partial charge is 0.226 e. The topological polar surface area (TPSA) is 46.3 Å². The Morgan fingerprint density at radius 3 is 2.53 bits per heavy atom. The van der Waals surface area contributed by atoms with E-state index in [1.54, 1.807) is 30.1 Å². The van der Waals surface area contributed by atoms with Crippen molar-refractivity contribution in [3.8, 4) is 0 Å². The summed E-state index contributed by atoms with van der Waals surface area (Å²) >= 11 is 11.9. The Bertz CT molecular complexity index is 461. The summed E-state index contributed by atoms with van der Waals surface area (Å²) in [5.41, 5.74) is 6.37. The summed E-state index contributed by atoms with van der Waals surface area (Å²) in [5.74, 6) is 0.0192. The number of amides is 1. The van der Waals surface area contributed by atoms with Crippen LogP contribution in [0, 0.1) is 5.41 Å². The van der Waals surface area contributed by atoms with Crippen molar-refractivity contribution >= 4 is 29.1 Å². The highest BCUT2D eigenvalue weighted by atomic mass is 35.5. The zero-order valence-electron chi connectivity index (χ0n) is 11.5. The largest absolute Gasteiger partial charge is 0.345 e. The van der Waals surface area contributed by atoms with E-state index in [2.05, 4.69) is 0 Å². The number of halogens is 2. The van der Waals surface area contributed by atoms with Crippen LogP contribution in [-0.4, -0.2) is 30.9 Å². The van der Waals surface area contributed by atoms with Crippen LogP contribution in [0.2, 0.25) is 10.0 Å². The molecule has 1 amide bonds. The van der Waals surface area contributed by atoms with Crippen LogP contribution in [0.25, 0.3) is 0 Å². The van der Waals surface area contributed by atoms with Gasteiger partial charge < -0.3 is 10.6 Å². The van der Waals surface area contributed by atoms with Crippen LogP contribution in [0.5, 0.6) is 0 Å². The first-order chi connectivity index (χ1) is 8.75. The first kappa shape index (κ1) is 16.3. The molecule has 0 fully saturated rings. The van der Waals surface area contributed by atoms with E-state index < -0.39 is 0 Å². The molecule has 3 nitrogen and oxygen atoms in total. The first-order valence-corrected chi connectivity index (χ1v) is 6.89. The minimum Gasteiger partial charge on any atom is -0.345 e. The minimum atomic E-state index is -0.0891. The molecule has 1 aromatic rings. The number of carbonyl (C=O) groups excluding carboxylic acids is 1. The summed E-state index contributed by atoms with van der Waals surface area (Å²) < 4.78 is 0. The summed E-state index contributed by atoms with van der Waals surface area (Å²) in [4.78, 5) is 13.8. The summed E-state index contributed by atoms with van der Waals surface area (Å²) in [5, 5.41) is 1.09. The van der Waals surface area contributed by atoms with Gasteiger partial charge in [0.25, 0.3) is 0 Å². The third kappa shape index (κ3) is 5.01. The second-order valence-corrected chi connectivity index (χ2v) is 6.37. The van der Waals surface area contributed by atoms with Crippen LogP contribution in [0.15, 0.2) is 18.2 Å². The van der Waals surface area contributed by atoms with Crippen molar-refractivity contribution in [2.75, 3.05) is 20.1 Å². The molecule has 106 valence electrons. The monoisotopic (exact) mass is 302 g/mol. The van der Waals surface area contributed by atoms with Crippen LogP contribution >= 0.6 is 23.2 Å². The van der Waals surface area contributed by atoms with E-state index in [-0.39, 0.29) is 17.7 Å². The van der Waals surface area contributed by atoms with Gasteiger partial charge >= 0.3 is 0 Å². The second kappa shape index (κ2) is 6.60. The molecule has 0 aromatic heterocycles. The third-order valence-corrected chi connectivity index (χ3v) is 3.59. The number of rotatable bonds is 5. The predicted octanol–water partition coefficient (Wildman–Crippen LogP) is 2.98. The molecule has 0 spiro atoms. The van der Waals surface area contributed by atoms with Gasteiger partial charge in [-0.25, -0.2) is 0 Å². The minimum absolute atomic E-state index is 0.0192. The summed E-state index contributed by atoms with van der Waals surface area (Å²) in [6, 6.07) is 5.17. The number of hydrogen-bond acceptors (Lipinski definition) is 2. The summed E-state index contributed by atoms with van der Waals surface area (Å²) in [6.07, 6.45) is 0.271. The Morgan fingerprint density at radius 2 is 2.00 bits per heavy atom. The lowest BCUT2D eigenvalue weighted by Crippen LogP contribution is -2.40. The predicted molar refractivity (Wildman–Crippen MR) is 80.6 cm³/mol. The van der Waals surface area contributed by atoms with Gasteiger partial charge in [0, 0.05) is 23.6 Å². The average Bonchev–Trinajstić information content (AvgIpc) is 2.32. The van der Waals surface area contributed by atoms with E-state index in [1.807, 2.05) is 13.8 Å². The molecule has 0 saturated heterocycles. The second-order valence-electron chi connectivity index (χ2n) is 5.53. The fourth-order valence-electron chi connectivity index (χ4n) is 1.76. The lowest BCUT2D eigenvalue weighted by molar-refractivity contribution is -0.130. The van der Waals surface area contributed by atoms with Gasteiger partial charge in [-0.05, 0) is 29.7 Å². The fourth-order valence-corrected chi connectivity index (χ4v) is 2.23.